The van der Waals surface area contributed by atoms with Crippen molar-refractivity contribution in [1.82, 2.24) is 0 Å². The second kappa shape index (κ2) is 5.91. The molecule has 5 heteroatoms. The second-order valence-corrected chi connectivity index (χ2v) is 5.84. The quantitative estimate of drug-likeness (QED) is 0.693. The summed E-state index contributed by atoms with van der Waals surface area (Å²) in [7, 11) is 0. The van der Waals surface area contributed by atoms with Crippen LogP contribution in [-0.4, -0.2) is 12.6 Å². The van der Waals surface area contributed by atoms with Gasteiger partial charge in [-0.05, 0) is 17.9 Å². The third kappa shape index (κ3) is 2.65. The van der Waals surface area contributed by atoms with Gasteiger partial charge >= 0.3 is 5.97 Å². The Balaban J connectivity index is 2.51. The predicted molar refractivity (Wildman–Crippen MR) is 80.5 cm³/mol. The van der Waals surface area contributed by atoms with E-state index in [-0.39, 0.29) is 6.61 Å². The first kappa shape index (κ1) is 13.7. The minimum atomic E-state index is -0.449. The molecule has 0 bridgehead atoms. The lowest BCUT2D eigenvalue weighted by molar-refractivity contribution is 0.0559. The molecule has 19 heavy (non-hydrogen) atoms. The number of terminal acetylenes is 1. The normalized spacial score (nSPS) is 10.1. The summed E-state index contributed by atoms with van der Waals surface area (Å²) in [5.74, 6) is 1.84. The van der Waals surface area contributed by atoms with Gasteiger partial charge < -0.3 is 10.5 Å². The van der Waals surface area contributed by atoms with E-state index in [4.69, 9.17) is 16.9 Å². The Morgan fingerprint density at radius 3 is 2.95 bits per heavy atom. The van der Waals surface area contributed by atoms with Crippen molar-refractivity contribution in [2.45, 2.75) is 13.3 Å². The van der Waals surface area contributed by atoms with Gasteiger partial charge in [-0.3, -0.25) is 0 Å². The molecule has 0 aliphatic heterocycles. The lowest BCUT2D eigenvalue weighted by atomic mass is 10.1. The van der Waals surface area contributed by atoms with E-state index in [0.29, 0.717) is 10.6 Å². The smallest absolute Gasteiger partial charge is 0.342 e. The van der Waals surface area contributed by atoms with Crippen molar-refractivity contribution in [2.24, 2.45) is 0 Å². The second-order valence-electron chi connectivity index (χ2n) is 3.75. The molecule has 2 aromatic rings. The molecule has 3 nitrogen and oxygen atoms in total. The maximum atomic E-state index is 12.1. The van der Waals surface area contributed by atoms with Gasteiger partial charge in [0.1, 0.15) is 10.6 Å². The van der Waals surface area contributed by atoms with Gasteiger partial charge in [-0.2, -0.15) is 0 Å². The average molecular weight is 291 g/mol. The molecule has 0 aliphatic carbocycles. The topological polar surface area (TPSA) is 52.3 Å². The molecule has 0 amide bonds. The van der Waals surface area contributed by atoms with Crippen molar-refractivity contribution in [1.29, 1.82) is 0 Å². The van der Waals surface area contributed by atoms with Crippen LogP contribution in [0.5, 0.6) is 0 Å². The SMILES string of the molecule is C#CCOC(=O)c1c(N)sc(CC)c1-c1cccs1. The van der Waals surface area contributed by atoms with Crippen LogP contribution in [0.1, 0.15) is 22.2 Å². The van der Waals surface area contributed by atoms with E-state index in [0.717, 1.165) is 21.7 Å². The number of aryl methyl sites for hydroxylation is 1. The molecule has 0 aromatic carbocycles. The van der Waals surface area contributed by atoms with Gasteiger partial charge in [-0.1, -0.05) is 18.9 Å². The van der Waals surface area contributed by atoms with Gasteiger partial charge in [0, 0.05) is 15.3 Å². The fourth-order valence-corrected chi connectivity index (χ4v) is 3.69. The highest BCUT2D eigenvalue weighted by Crippen LogP contribution is 2.41. The summed E-state index contributed by atoms with van der Waals surface area (Å²) in [6.45, 7) is 2.00. The van der Waals surface area contributed by atoms with Crippen molar-refractivity contribution < 1.29 is 9.53 Å². The van der Waals surface area contributed by atoms with Gasteiger partial charge in [0.2, 0.25) is 0 Å². The number of nitrogens with two attached hydrogens (primary N) is 1. The molecule has 0 atom stereocenters. The lowest BCUT2D eigenvalue weighted by Gasteiger charge is -2.04. The molecule has 0 saturated heterocycles. The highest BCUT2D eigenvalue weighted by molar-refractivity contribution is 7.18. The van der Waals surface area contributed by atoms with E-state index in [9.17, 15) is 4.79 Å². The molecular weight excluding hydrogens is 278 g/mol. The van der Waals surface area contributed by atoms with Crippen LogP contribution < -0.4 is 5.73 Å². The first-order valence-corrected chi connectivity index (χ1v) is 7.44. The summed E-state index contributed by atoms with van der Waals surface area (Å²) < 4.78 is 5.01. The van der Waals surface area contributed by atoms with E-state index in [1.807, 2.05) is 24.4 Å². The Hall–Kier alpha value is -1.77. The number of nitrogen functional groups attached to an aromatic ring is 1. The van der Waals surface area contributed by atoms with Crippen LogP contribution >= 0.6 is 22.7 Å². The molecule has 2 N–H and O–H groups in total. The summed E-state index contributed by atoms with van der Waals surface area (Å²) in [6.07, 6.45) is 5.93. The summed E-state index contributed by atoms with van der Waals surface area (Å²) in [4.78, 5) is 14.2. The van der Waals surface area contributed by atoms with Gasteiger partial charge in [0.15, 0.2) is 6.61 Å². The summed E-state index contributed by atoms with van der Waals surface area (Å²) in [5, 5.41) is 2.46. The number of hydrogen-bond donors (Lipinski definition) is 1. The third-order valence-electron chi connectivity index (χ3n) is 2.59. The van der Waals surface area contributed by atoms with Gasteiger partial charge in [0.25, 0.3) is 0 Å². The highest BCUT2D eigenvalue weighted by atomic mass is 32.1. The van der Waals surface area contributed by atoms with E-state index in [1.54, 1.807) is 11.3 Å². The lowest BCUT2D eigenvalue weighted by Crippen LogP contribution is -2.07. The zero-order valence-electron chi connectivity index (χ0n) is 10.4. The Morgan fingerprint density at radius 2 is 2.37 bits per heavy atom. The molecule has 2 aromatic heterocycles. The molecule has 0 spiro atoms. The zero-order valence-corrected chi connectivity index (χ0v) is 12.1. The molecule has 2 heterocycles. The molecule has 2 rings (SSSR count). The van der Waals surface area contributed by atoms with Crippen LogP contribution in [0.15, 0.2) is 17.5 Å². The first-order valence-electron chi connectivity index (χ1n) is 5.74. The highest BCUT2D eigenvalue weighted by Gasteiger charge is 2.24. The van der Waals surface area contributed by atoms with E-state index in [1.165, 1.54) is 11.3 Å². The van der Waals surface area contributed by atoms with Crippen molar-refractivity contribution >= 4 is 33.6 Å². The van der Waals surface area contributed by atoms with Gasteiger partial charge in [-0.15, -0.1) is 29.1 Å². The van der Waals surface area contributed by atoms with Crippen molar-refractivity contribution in [3.8, 4) is 22.8 Å². The minimum absolute atomic E-state index is 0.0422. The molecule has 98 valence electrons. The van der Waals surface area contributed by atoms with Crippen LogP contribution in [0, 0.1) is 12.3 Å². The fourth-order valence-electron chi connectivity index (χ4n) is 1.81. The molecule has 0 aliphatic rings. The first-order chi connectivity index (χ1) is 9.19. The van der Waals surface area contributed by atoms with Crippen LogP contribution in [0.4, 0.5) is 5.00 Å². The molecule has 0 saturated carbocycles. The van der Waals surface area contributed by atoms with Crippen molar-refractivity contribution in [3.63, 3.8) is 0 Å². The van der Waals surface area contributed by atoms with Crippen LogP contribution in [-0.2, 0) is 11.2 Å². The Bertz CT molecular complexity index is 621. The van der Waals surface area contributed by atoms with E-state index >= 15 is 0 Å². The van der Waals surface area contributed by atoms with Crippen molar-refractivity contribution in [2.75, 3.05) is 12.3 Å². The van der Waals surface area contributed by atoms with Crippen molar-refractivity contribution in [3.05, 3.63) is 28.0 Å². The Labute approximate surface area is 120 Å². The fraction of sp³-hybridized carbons (Fsp3) is 0.214. The number of carbonyl (C=O) groups excluding carboxylic acids is 1. The maximum Gasteiger partial charge on any atom is 0.342 e. The number of anilines is 1. The standard InChI is InChI=1S/C14H13NO2S2/c1-3-7-17-14(16)12-11(10-6-5-8-18-10)9(4-2)19-13(12)15/h1,5-6,8H,4,7,15H2,2H3. The van der Waals surface area contributed by atoms with E-state index < -0.39 is 5.97 Å². The van der Waals surface area contributed by atoms with E-state index in [2.05, 4.69) is 5.92 Å². The number of esters is 1. The number of rotatable bonds is 4. The summed E-state index contributed by atoms with van der Waals surface area (Å²) >= 11 is 3.01. The monoisotopic (exact) mass is 291 g/mol. The van der Waals surface area contributed by atoms with Crippen LogP contribution in [0.3, 0.4) is 0 Å². The molecule has 0 fully saturated rings. The third-order valence-corrected chi connectivity index (χ3v) is 4.64. The number of thiophene rings is 2. The van der Waals surface area contributed by atoms with Crippen LogP contribution in [0.25, 0.3) is 10.4 Å². The maximum absolute atomic E-state index is 12.1. The zero-order chi connectivity index (χ0) is 13.8. The number of ether oxygens (including phenoxy) is 1. The van der Waals surface area contributed by atoms with Gasteiger partial charge in [-0.25, -0.2) is 4.79 Å². The Kier molecular flexibility index (Phi) is 4.25. The predicted octanol–water partition coefficient (Wildman–Crippen LogP) is 3.41. The molecule has 0 radical (unpaired) electrons. The number of hydrogen-bond acceptors (Lipinski definition) is 5. The van der Waals surface area contributed by atoms with Gasteiger partial charge in [0.05, 0.1) is 0 Å². The molecule has 0 unspecified atom stereocenters. The number of carbonyl (C=O) groups is 1. The molecular formula is C14H13NO2S2. The minimum Gasteiger partial charge on any atom is -0.449 e. The summed E-state index contributed by atoms with van der Waals surface area (Å²) in [5.41, 5.74) is 7.30. The summed E-state index contributed by atoms with van der Waals surface area (Å²) in [6, 6.07) is 3.92. The van der Waals surface area contributed by atoms with Crippen LogP contribution in [0.2, 0.25) is 0 Å². The average Bonchev–Trinajstić information content (AvgIpc) is 3.02. The Morgan fingerprint density at radius 1 is 1.58 bits per heavy atom. The largest absolute Gasteiger partial charge is 0.449 e.